The highest BCUT2D eigenvalue weighted by molar-refractivity contribution is 5.71. The second kappa shape index (κ2) is 6.23. The number of rotatable bonds is 4. The van der Waals surface area contributed by atoms with Crippen LogP contribution in [0.2, 0.25) is 0 Å². The minimum absolute atomic E-state index is 0.827. The van der Waals surface area contributed by atoms with Gasteiger partial charge in [-0.25, -0.2) is 0 Å². The summed E-state index contributed by atoms with van der Waals surface area (Å²) in [6, 6.07) is 22.7. The van der Waals surface area contributed by atoms with E-state index >= 15 is 0 Å². The highest BCUT2D eigenvalue weighted by atomic mass is 14.9. The fraction of sp³-hybridized carbons (Fsp3) is 0.105. The first-order valence-electron chi connectivity index (χ1n) is 7.13. The first-order chi connectivity index (χ1) is 10.3. The van der Waals surface area contributed by atoms with Crippen molar-refractivity contribution in [3.8, 4) is 11.3 Å². The molecule has 0 bridgehead atoms. The van der Waals surface area contributed by atoms with Gasteiger partial charge in [-0.3, -0.25) is 4.98 Å². The van der Waals surface area contributed by atoms with E-state index in [1.807, 2.05) is 30.5 Å². The summed E-state index contributed by atoms with van der Waals surface area (Å²) in [4.78, 5) is 4.44. The van der Waals surface area contributed by atoms with Crippen LogP contribution < -0.4 is 5.32 Å². The number of anilines is 1. The zero-order chi connectivity index (χ0) is 14.5. The van der Waals surface area contributed by atoms with Gasteiger partial charge in [-0.15, -0.1) is 0 Å². The van der Waals surface area contributed by atoms with E-state index in [0.717, 1.165) is 17.9 Å². The lowest BCUT2D eigenvalue weighted by molar-refractivity contribution is 1.14. The molecule has 104 valence electrons. The second-order valence-electron chi connectivity index (χ2n) is 5.03. The minimum atomic E-state index is 0.827. The summed E-state index contributed by atoms with van der Waals surface area (Å²) in [5.41, 5.74) is 5.85. The number of aromatic nitrogens is 1. The van der Waals surface area contributed by atoms with Crippen molar-refractivity contribution in [1.29, 1.82) is 0 Å². The van der Waals surface area contributed by atoms with Crippen molar-refractivity contribution >= 4 is 5.69 Å². The molecule has 0 atom stereocenters. The largest absolute Gasteiger partial charge is 0.381 e. The van der Waals surface area contributed by atoms with Gasteiger partial charge in [0.05, 0.1) is 5.69 Å². The Balaban J connectivity index is 1.84. The average molecular weight is 274 g/mol. The maximum atomic E-state index is 4.44. The summed E-state index contributed by atoms with van der Waals surface area (Å²) >= 11 is 0. The number of hydrogen-bond donors (Lipinski definition) is 1. The summed E-state index contributed by atoms with van der Waals surface area (Å²) in [5.74, 6) is 0. The molecule has 1 aromatic heterocycles. The van der Waals surface area contributed by atoms with Crippen LogP contribution in [0.3, 0.4) is 0 Å². The zero-order valence-corrected chi connectivity index (χ0v) is 12.1. The smallest absolute Gasteiger partial charge is 0.0705 e. The Hall–Kier alpha value is -2.61. The normalized spacial score (nSPS) is 10.3. The molecule has 0 amide bonds. The molecule has 0 unspecified atom stereocenters. The molecule has 0 radical (unpaired) electrons. The van der Waals surface area contributed by atoms with Gasteiger partial charge in [-0.1, -0.05) is 48.5 Å². The number of pyridine rings is 1. The quantitative estimate of drug-likeness (QED) is 0.748. The van der Waals surface area contributed by atoms with Gasteiger partial charge in [0, 0.05) is 24.0 Å². The van der Waals surface area contributed by atoms with E-state index in [4.69, 9.17) is 0 Å². The van der Waals surface area contributed by atoms with E-state index in [1.54, 1.807) is 0 Å². The first-order valence-corrected chi connectivity index (χ1v) is 7.13. The fourth-order valence-corrected chi connectivity index (χ4v) is 2.42. The van der Waals surface area contributed by atoms with E-state index in [-0.39, 0.29) is 0 Å². The Morgan fingerprint density at radius 2 is 1.67 bits per heavy atom. The molecular weight excluding hydrogens is 256 g/mol. The van der Waals surface area contributed by atoms with E-state index in [9.17, 15) is 0 Å². The van der Waals surface area contributed by atoms with Crippen molar-refractivity contribution in [3.63, 3.8) is 0 Å². The lowest BCUT2D eigenvalue weighted by Crippen LogP contribution is -2.01. The molecule has 0 saturated carbocycles. The van der Waals surface area contributed by atoms with Gasteiger partial charge >= 0.3 is 0 Å². The van der Waals surface area contributed by atoms with Crippen LogP contribution in [0.4, 0.5) is 5.69 Å². The Kier molecular flexibility index (Phi) is 3.97. The Bertz CT molecular complexity index is 706. The molecule has 1 heterocycles. The average Bonchev–Trinajstić information content (AvgIpc) is 2.56. The standard InChI is InChI=1S/C19H18N2/c1-15-17(19-11-5-6-13-20-19)10-7-12-18(15)21-14-16-8-3-2-4-9-16/h2-13,21H,14H2,1H3. The van der Waals surface area contributed by atoms with Gasteiger partial charge in [0.25, 0.3) is 0 Å². The van der Waals surface area contributed by atoms with E-state index in [0.29, 0.717) is 0 Å². The summed E-state index contributed by atoms with van der Waals surface area (Å²) in [5, 5.41) is 3.51. The Morgan fingerprint density at radius 3 is 2.43 bits per heavy atom. The van der Waals surface area contributed by atoms with Crippen LogP contribution in [0.15, 0.2) is 72.9 Å². The predicted molar refractivity (Wildman–Crippen MR) is 88.2 cm³/mol. The molecule has 0 aliphatic carbocycles. The summed E-state index contributed by atoms with van der Waals surface area (Å²) in [6.07, 6.45) is 1.83. The molecule has 3 aromatic rings. The molecule has 3 rings (SSSR count). The summed E-state index contributed by atoms with van der Waals surface area (Å²) in [7, 11) is 0. The zero-order valence-electron chi connectivity index (χ0n) is 12.1. The number of hydrogen-bond acceptors (Lipinski definition) is 2. The van der Waals surface area contributed by atoms with Crippen molar-refractivity contribution in [2.75, 3.05) is 5.32 Å². The minimum Gasteiger partial charge on any atom is -0.381 e. The third-order valence-corrected chi connectivity index (χ3v) is 3.60. The molecule has 0 aliphatic rings. The van der Waals surface area contributed by atoms with Crippen molar-refractivity contribution in [2.24, 2.45) is 0 Å². The lowest BCUT2D eigenvalue weighted by atomic mass is 10.0. The lowest BCUT2D eigenvalue weighted by Gasteiger charge is -2.13. The van der Waals surface area contributed by atoms with Crippen LogP contribution >= 0.6 is 0 Å². The van der Waals surface area contributed by atoms with E-state index in [2.05, 4.69) is 59.7 Å². The summed E-state index contributed by atoms with van der Waals surface area (Å²) in [6.45, 7) is 2.96. The van der Waals surface area contributed by atoms with Gasteiger partial charge < -0.3 is 5.32 Å². The third kappa shape index (κ3) is 3.11. The highest BCUT2D eigenvalue weighted by Gasteiger charge is 2.06. The van der Waals surface area contributed by atoms with E-state index in [1.165, 1.54) is 16.7 Å². The second-order valence-corrected chi connectivity index (χ2v) is 5.03. The number of nitrogens with zero attached hydrogens (tertiary/aromatic N) is 1. The molecule has 0 fully saturated rings. The summed E-state index contributed by atoms with van der Waals surface area (Å²) < 4.78 is 0. The Morgan fingerprint density at radius 1 is 0.857 bits per heavy atom. The van der Waals surface area contributed by atoms with Crippen LogP contribution in [-0.2, 0) is 6.54 Å². The van der Waals surface area contributed by atoms with Gasteiger partial charge in [0.15, 0.2) is 0 Å². The van der Waals surface area contributed by atoms with Crippen molar-refractivity contribution in [1.82, 2.24) is 4.98 Å². The van der Waals surface area contributed by atoms with Crippen molar-refractivity contribution in [2.45, 2.75) is 13.5 Å². The van der Waals surface area contributed by atoms with Crippen molar-refractivity contribution in [3.05, 3.63) is 84.1 Å². The predicted octanol–water partition coefficient (Wildman–Crippen LogP) is 4.67. The molecule has 2 heteroatoms. The molecule has 0 aliphatic heterocycles. The molecule has 21 heavy (non-hydrogen) atoms. The molecule has 0 spiro atoms. The molecule has 2 aromatic carbocycles. The van der Waals surface area contributed by atoms with Crippen LogP contribution in [0.5, 0.6) is 0 Å². The Labute approximate surface area is 125 Å². The maximum absolute atomic E-state index is 4.44. The molecule has 1 N–H and O–H groups in total. The SMILES string of the molecule is Cc1c(NCc2ccccc2)cccc1-c1ccccn1. The van der Waals surface area contributed by atoms with Crippen LogP contribution in [-0.4, -0.2) is 4.98 Å². The van der Waals surface area contributed by atoms with Crippen LogP contribution in [0.1, 0.15) is 11.1 Å². The van der Waals surface area contributed by atoms with Crippen LogP contribution in [0, 0.1) is 6.92 Å². The number of benzene rings is 2. The third-order valence-electron chi connectivity index (χ3n) is 3.60. The van der Waals surface area contributed by atoms with Gasteiger partial charge in [0.1, 0.15) is 0 Å². The van der Waals surface area contributed by atoms with Gasteiger partial charge in [-0.05, 0) is 36.2 Å². The van der Waals surface area contributed by atoms with Gasteiger partial charge in [0.2, 0.25) is 0 Å². The molecular formula is C19H18N2. The molecule has 2 nitrogen and oxygen atoms in total. The topological polar surface area (TPSA) is 24.9 Å². The fourth-order valence-electron chi connectivity index (χ4n) is 2.42. The monoisotopic (exact) mass is 274 g/mol. The van der Waals surface area contributed by atoms with Crippen LogP contribution in [0.25, 0.3) is 11.3 Å². The molecule has 0 saturated heterocycles. The van der Waals surface area contributed by atoms with E-state index < -0.39 is 0 Å². The van der Waals surface area contributed by atoms with Gasteiger partial charge in [-0.2, -0.15) is 0 Å². The first kappa shape index (κ1) is 13.4. The maximum Gasteiger partial charge on any atom is 0.0705 e. The number of nitrogens with one attached hydrogen (secondary N) is 1. The highest BCUT2D eigenvalue weighted by Crippen LogP contribution is 2.27. The van der Waals surface area contributed by atoms with Crippen molar-refractivity contribution < 1.29 is 0 Å².